The molecule has 94 valence electrons. The summed E-state index contributed by atoms with van der Waals surface area (Å²) in [5.74, 6) is -2.68. The molecule has 0 saturated carbocycles. The molecule has 0 aromatic carbocycles. The molecule has 0 spiro atoms. The Hall–Kier alpha value is -1.04. The number of alkyl halides is 2. The van der Waals surface area contributed by atoms with Gasteiger partial charge >= 0.3 is 0 Å². The van der Waals surface area contributed by atoms with Gasteiger partial charge in [-0.05, 0) is 6.92 Å². The van der Waals surface area contributed by atoms with E-state index in [1.165, 1.54) is 16.2 Å². The van der Waals surface area contributed by atoms with Crippen molar-refractivity contribution >= 4 is 22.3 Å². The third-order valence-electron chi connectivity index (χ3n) is 2.65. The summed E-state index contributed by atoms with van der Waals surface area (Å²) in [6, 6.07) is 0. The van der Waals surface area contributed by atoms with Crippen LogP contribution in [0, 0.1) is 12.8 Å². The minimum Gasteiger partial charge on any atom is -0.336 e. The number of ketones is 1. The van der Waals surface area contributed by atoms with Crippen molar-refractivity contribution in [3.8, 4) is 0 Å². The lowest BCUT2D eigenvalue weighted by Gasteiger charge is -2.38. The lowest BCUT2D eigenvalue weighted by Crippen LogP contribution is -2.56. The summed E-state index contributed by atoms with van der Waals surface area (Å²) in [4.78, 5) is 18.1. The average molecular weight is 260 g/mol. The van der Waals surface area contributed by atoms with Gasteiger partial charge in [0.2, 0.25) is 0 Å². The van der Waals surface area contributed by atoms with Crippen molar-refractivity contribution in [1.29, 1.82) is 0 Å². The summed E-state index contributed by atoms with van der Waals surface area (Å²) in [5, 5.41) is 0.525. The first-order valence-corrected chi connectivity index (χ1v) is 6.26. The first kappa shape index (κ1) is 12.4. The van der Waals surface area contributed by atoms with E-state index >= 15 is 0 Å². The van der Waals surface area contributed by atoms with Crippen molar-refractivity contribution in [2.24, 2.45) is 5.92 Å². The zero-order valence-electron chi connectivity index (χ0n) is 9.96. The standard InChI is InChI=1S/C11H14F2N2OS/c1-6(2)8(16)9-7(3)14-10(17-9)15-4-11(12,13)5-15/h6H,4-5H2,1-3H3. The molecule has 0 unspecified atom stereocenters. The Morgan fingerprint density at radius 1 is 1.47 bits per heavy atom. The molecule has 0 atom stereocenters. The van der Waals surface area contributed by atoms with Crippen molar-refractivity contribution in [2.75, 3.05) is 18.0 Å². The maximum atomic E-state index is 12.7. The number of carbonyl (C=O) groups is 1. The summed E-state index contributed by atoms with van der Waals surface area (Å²) < 4.78 is 25.5. The Balaban J connectivity index is 2.17. The van der Waals surface area contributed by atoms with Crippen LogP contribution in [0.1, 0.15) is 29.2 Å². The predicted octanol–water partition coefficient (Wildman–Crippen LogP) is 2.75. The van der Waals surface area contributed by atoms with Gasteiger partial charge in [0.1, 0.15) is 0 Å². The second-order valence-corrected chi connectivity index (χ2v) is 5.62. The van der Waals surface area contributed by atoms with Gasteiger partial charge in [0, 0.05) is 5.92 Å². The Kier molecular flexibility index (Phi) is 2.93. The summed E-state index contributed by atoms with van der Waals surface area (Å²) >= 11 is 1.21. The number of carbonyl (C=O) groups excluding carboxylic acids is 1. The van der Waals surface area contributed by atoms with E-state index in [1.807, 2.05) is 13.8 Å². The molecule has 0 N–H and O–H groups in total. The third-order valence-corrected chi connectivity index (χ3v) is 3.88. The molecule has 2 rings (SSSR count). The second kappa shape index (κ2) is 4.01. The summed E-state index contributed by atoms with van der Waals surface area (Å²) in [5.41, 5.74) is 0.638. The molecule has 0 amide bonds. The van der Waals surface area contributed by atoms with Crippen LogP contribution in [0.4, 0.5) is 13.9 Å². The summed E-state index contributed by atoms with van der Waals surface area (Å²) in [6.45, 7) is 4.79. The largest absolute Gasteiger partial charge is 0.336 e. The molecule has 1 saturated heterocycles. The minimum absolute atomic E-state index is 0.0264. The quantitative estimate of drug-likeness (QED) is 0.783. The van der Waals surface area contributed by atoms with E-state index < -0.39 is 5.92 Å². The topological polar surface area (TPSA) is 33.2 Å². The van der Waals surface area contributed by atoms with E-state index in [-0.39, 0.29) is 24.8 Å². The molecule has 1 aromatic heterocycles. The van der Waals surface area contributed by atoms with Gasteiger partial charge in [-0.3, -0.25) is 4.79 Å². The van der Waals surface area contributed by atoms with Crippen LogP contribution in [0.15, 0.2) is 0 Å². The highest BCUT2D eigenvalue weighted by atomic mass is 32.1. The van der Waals surface area contributed by atoms with Crippen molar-refractivity contribution in [3.63, 3.8) is 0 Å². The fourth-order valence-electron chi connectivity index (χ4n) is 1.66. The molecule has 1 fully saturated rings. The number of hydrogen-bond donors (Lipinski definition) is 0. The van der Waals surface area contributed by atoms with Gasteiger partial charge in [-0.15, -0.1) is 0 Å². The van der Waals surface area contributed by atoms with Gasteiger partial charge in [0.05, 0.1) is 23.7 Å². The van der Waals surface area contributed by atoms with Crippen LogP contribution in [0.2, 0.25) is 0 Å². The molecule has 0 bridgehead atoms. The smallest absolute Gasteiger partial charge is 0.282 e. The van der Waals surface area contributed by atoms with Crippen LogP contribution in [0.5, 0.6) is 0 Å². The fraction of sp³-hybridized carbons (Fsp3) is 0.636. The SMILES string of the molecule is Cc1nc(N2CC(F)(F)C2)sc1C(=O)C(C)C. The molecule has 2 heterocycles. The zero-order valence-corrected chi connectivity index (χ0v) is 10.8. The van der Waals surface area contributed by atoms with E-state index in [2.05, 4.69) is 4.98 Å². The van der Waals surface area contributed by atoms with Crippen molar-refractivity contribution < 1.29 is 13.6 Å². The van der Waals surface area contributed by atoms with Crippen LogP contribution in [-0.4, -0.2) is 29.8 Å². The average Bonchev–Trinajstić information content (AvgIpc) is 2.55. The number of thiazole rings is 1. The Bertz CT molecular complexity index is 448. The number of nitrogens with zero attached hydrogens (tertiary/aromatic N) is 2. The minimum atomic E-state index is -2.61. The van der Waals surface area contributed by atoms with Gasteiger partial charge in [0.15, 0.2) is 10.9 Å². The molecule has 1 aliphatic rings. The number of hydrogen-bond acceptors (Lipinski definition) is 4. The highest BCUT2D eigenvalue weighted by Crippen LogP contribution is 2.36. The summed E-state index contributed by atoms with van der Waals surface area (Å²) in [6.07, 6.45) is 0. The molecule has 1 aliphatic heterocycles. The van der Waals surface area contributed by atoms with Crippen LogP contribution >= 0.6 is 11.3 Å². The van der Waals surface area contributed by atoms with E-state index in [0.29, 0.717) is 15.7 Å². The third kappa shape index (κ3) is 2.31. The van der Waals surface area contributed by atoms with Gasteiger partial charge in [-0.2, -0.15) is 0 Å². The zero-order chi connectivity index (χ0) is 12.8. The molecule has 6 heteroatoms. The van der Waals surface area contributed by atoms with E-state index in [9.17, 15) is 13.6 Å². The van der Waals surface area contributed by atoms with Crippen LogP contribution < -0.4 is 4.90 Å². The molecule has 1 aromatic rings. The number of aromatic nitrogens is 1. The number of aryl methyl sites for hydroxylation is 1. The van der Waals surface area contributed by atoms with E-state index in [4.69, 9.17) is 0 Å². The molecule has 3 nitrogen and oxygen atoms in total. The van der Waals surface area contributed by atoms with E-state index in [1.54, 1.807) is 6.92 Å². The predicted molar refractivity (Wildman–Crippen MR) is 63.2 cm³/mol. The Labute approximate surface area is 102 Å². The fourth-order valence-corrected chi connectivity index (χ4v) is 2.81. The number of Topliss-reactive ketones (excluding diaryl/α,β-unsaturated/α-hetero) is 1. The first-order valence-electron chi connectivity index (χ1n) is 5.44. The maximum Gasteiger partial charge on any atom is 0.282 e. The van der Waals surface area contributed by atoms with Crippen molar-refractivity contribution in [1.82, 2.24) is 4.98 Å². The lowest BCUT2D eigenvalue weighted by molar-refractivity contribution is -0.0262. The maximum absolute atomic E-state index is 12.7. The molecular weight excluding hydrogens is 246 g/mol. The van der Waals surface area contributed by atoms with Gasteiger partial charge < -0.3 is 4.90 Å². The van der Waals surface area contributed by atoms with Crippen LogP contribution in [0.25, 0.3) is 0 Å². The molecule has 17 heavy (non-hydrogen) atoms. The van der Waals surface area contributed by atoms with Crippen LogP contribution in [0.3, 0.4) is 0 Å². The second-order valence-electron chi connectivity index (χ2n) is 4.64. The Morgan fingerprint density at radius 3 is 2.53 bits per heavy atom. The first-order chi connectivity index (χ1) is 7.80. The summed E-state index contributed by atoms with van der Waals surface area (Å²) in [7, 11) is 0. The van der Waals surface area contributed by atoms with Gasteiger partial charge in [-0.1, -0.05) is 25.2 Å². The van der Waals surface area contributed by atoms with Gasteiger partial charge in [0.25, 0.3) is 5.92 Å². The number of rotatable bonds is 3. The van der Waals surface area contributed by atoms with Crippen molar-refractivity contribution in [2.45, 2.75) is 26.7 Å². The lowest BCUT2D eigenvalue weighted by atomic mass is 10.1. The van der Waals surface area contributed by atoms with Gasteiger partial charge in [-0.25, -0.2) is 13.8 Å². The number of anilines is 1. The van der Waals surface area contributed by atoms with Crippen LogP contribution in [-0.2, 0) is 0 Å². The highest BCUT2D eigenvalue weighted by molar-refractivity contribution is 7.17. The normalized spacial score (nSPS) is 18.4. The molecular formula is C11H14F2N2OS. The molecule has 0 aliphatic carbocycles. The Morgan fingerprint density at radius 2 is 2.06 bits per heavy atom. The van der Waals surface area contributed by atoms with Crippen molar-refractivity contribution in [3.05, 3.63) is 10.6 Å². The molecule has 0 radical (unpaired) electrons. The number of halogens is 2. The monoisotopic (exact) mass is 260 g/mol. The van der Waals surface area contributed by atoms with E-state index in [0.717, 1.165) is 0 Å². The highest BCUT2D eigenvalue weighted by Gasteiger charge is 2.45.